The molecule has 1 aliphatic heterocycles. The molecule has 0 amide bonds. The molecule has 1 aromatic heterocycles. The molecular formula is C8H5NO3S. The summed E-state index contributed by atoms with van der Waals surface area (Å²) >= 11 is 4.85. The van der Waals surface area contributed by atoms with Crippen molar-refractivity contribution >= 4 is 23.3 Å². The van der Waals surface area contributed by atoms with Crippen molar-refractivity contribution in [2.45, 2.75) is 0 Å². The molecule has 0 saturated heterocycles. The van der Waals surface area contributed by atoms with Crippen LogP contribution in [0, 0.1) is 4.84 Å². The maximum Gasteiger partial charge on any atom is 0.266 e. The number of rotatable bonds is 0. The SMILES string of the molecule is S=c1[nH]c2cc3c(cc2o1)OCO3. The summed E-state index contributed by atoms with van der Waals surface area (Å²) in [4.78, 5) is 3.26. The summed E-state index contributed by atoms with van der Waals surface area (Å²) in [5.41, 5.74) is 1.52. The van der Waals surface area contributed by atoms with Crippen LogP contribution in [0.5, 0.6) is 11.5 Å². The summed E-state index contributed by atoms with van der Waals surface area (Å²) in [7, 11) is 0. The average Bonchev–Trinajstić information content (AvgIpc) is 2.63. The van der Waals surface area contributed by atoms with Gasteiger partial charge in [0, 0.05) is 12.1 Å². The van der Waals surface area contributed by atoms with Crippen LogP contribution in [-0.4, -0.2) is 11.8 Å². The number of H-pyrrole nitrogens is 1. The molecule has 5 heteroatoms. The number of hydrogen-bond acceptors (Lipinski definition) is 4. The van der Waals surface area contributed by atoms with Crippen LogP contribution >= 0.6 is 12.2 Å². The first-order valence-corrected chi connectivity index (χ1v) is 4.16. The zero-order valence-electron chi connectivity index (χ0n) is 6.49. The fourth-order valence-corrected chi connectivity index (χ4v) is 1.54. The molecule has 0 saturated carbocycles. The molecule has 3 rings (SSSR count). The standard InChI is InChI=1S/C8H5NO3S/c13-8-9-4-1-6-7(11-3-10-6)2-5(4)12-8/h1-2H,3H2,(H,9,13). The predicted molar refractivity (Wildman–Crippen MR) is 47.5 cm³/mol. The third-order valence-corrected chi connectivity index (χ3v) is 2.10. The second-order valence-corrected chi connectivity index (χ2v) is 3.09. The molecule has 66 valence electrons. The summed E-state index contributed by atoms with van der Waals surface area (Å²) in [6.07, 6.45) is 0. The molecular weight excluding hydrogens is 190 g/mol. The van der Waals surface area contributed by atoms with Gasteiger partial charge in [-0.1, -0.05) is 0 Å². The number of aromatic nitrogens is 1. The highest BCUT2D eigenvalue weighted by atomic mass is 32.1. The molecule has 1 aromatic carbocycles. The minimum Gasteiger partial charge on any atom is -0.454 e. The van der Waals surface area contributed by atoms with Gasteiger partial charge in [0.05, 0.1) is 5.52 Å². The second-order valence-electron chi connectivity index (χ2n) is 2.72. The topological polar surface area (TPSA) is 47.4 Å². The van der Waals surface area contributed by atoms with Crippen molar-refractivity contribution < 1.29 is 13.9 Å². The summed E-state index contributed by atoms with van der Waals surface area (Å²) in [5.74, 6) is 1.42. The van der Waals surface area contributed by atoms with Gasteiger partial charge in [0.25, 0.3) is 4.84 Å². The van der Waals surface area contributed by atoms with Crippen LogP contribution in [0.25, 0.3) is 11.1 Å². The summed E-state index contributed by atoms with van der Waals surface area (Å²) < 4.78 is 15.6. The summed E-state index contributed by atoms with van der Waals surface area (Å²) in [6, 6.07) is 3.58. The fraction of sp³-hybridized carbons (Fsp3) is 0.125. The van der Waals surface area contributed by atoms with Crippen LogP contribution in [0.3, 0.4) is 0 Å². The molecule has 4 nitrogen and oxygen atoms in total. The first-order chi connectivity index (χ1) is 6.33. The van der Waals surface area contributed by atoms with Gasteiger partial charge in [-0.25, -0.2) is 0 Å². The molecule has 0 radical (unpaired) electrons. The van der Waals surface area contributed by atoms with Crippen molar-refractivity contribution in [3.05, 3.63) is 17.0 Å². The zero-order chi connectivity index (χ0) is 8.84. The summed E-state index contributed by atoms with van der Waals surface area (Å²) in [5, 5.41) is 0. The van der Waals surface area contributed by atoms with E-state index in [9.17, 15) is 0 Å². The third-order valence-electron chi connectivity index (χ3n) is 1.91. The van der Waals surface area contributed by atoms with Crippen LogP contribution in [-0.2, 0) is 0 Å². The van der Waals surface area contributed by atoms with E-state index >= 15 is 0 Å². The lowest BCUT2D eigenvalue weighted by atomic mass is 10.3. The van der Waals surface area contributed by atoms with Gasteiger partial charge in [-0.2, -0.15) is 0 Å². The number of benzene rings is 1. The first-order valence-electron chi connectivity index (χ1n) is 3.75. The number of hydrogen-bond donors (Lipinski definition) is 1. The Bertz CT molecular complexity index is 484. The highest BCUT2D eigenvalue weighted by molar-refractivity contribution is 7.71. The molecule has 0 unspecified atom stereocenters. The zero-order valence-corrected chi connectivity index (χ0v) is 7.31. The number of aromatic amines is 1. The molecule has 0 spiro atoms. The minimum absolute atomic E-state index is 0.267. The second kappa shape index (κ2) is 2.26. The molecule has 0 aliphatic carbocycles. The van der Waals surface area contributed by atoms with Crippen molar-refractivity contribution in [1.82, 2.24) is 4.98 Å². The Morgan fingerprint density at radius 2 is 2.00 bits per heavy atom. The molecule has 2 heterocycles. The van der Waals surface area contributed by atoms with E-state index in [1.807, 2.05) is 6.07 Å². The molecule has 0 fully saturated rings. The monoisotopic (exact) mass is 195 g/mol. The van der Waals surface area contributed by atoms with Gasteiger partial charge in [-0.15, -0.1) is 0 Å². The van der Waals surface area contributed by atoms with E-state index in [1.54, 1.807) is 6.07 Å². The van der Waals surface area contributed by atoms with E-state index in [0.29, 0.717) is 16.2 Å². The highest BCUT2D eigenvalue weighted by Crippen LogP contribution is 2.35. The quantitative estimate of drug-likeness (QED) is 0.655. The van der Waals surface area contributed by atoms with Gasteiger partial charge in [-0.05, 0) is 12.2 Å². The average molecular weight is 195 g/mol. The van der Waals surface area contributed by atoms with Gasteiger partial charge < -0.3 is 18.9 Å². The number of fused-ring (bicyclic) bond motifs is 2. The van der Waals surface area contributed by atoms with Crippen LogP contribution in [0.1, 0.15) is 0 Å². The van der Waals surface area contributed by atoms with Gasteiger partial charge in [0.2, 0.25) is 6.79 Å². The van der Waals surface area contributed by atoms with Crippen molar-refractivity contribution in [2.75, 3.05) is 6.79 Å². The van der Waals surface area contributed by atoms with E-state index in [1.165, 1.54) is 0 Å². The van der Waals surface area contributed by atoms with Crippen LogP contribution in [0.2, 0.25) is 0 Å². The van der Waals surface area contributed by atoms with Crippen molar-refractivity contribution in [3.63, 3.8) is 0 Å². The third kappa shape index (κ3) is 0.936. The molecule has 13 heavy (non-hydrogen) atoms. The Hall–Kier alpha value is -1.49. The Morgan fingerprint density at radius 1 is 1.23 bits per heavy atom. The Labute approximate surface area is 78.1 Å². The van der Waals surface area contributed by atoms with Gasteiger partial charge in [0.15, 0.2) is 17.1 Å². The van der Waals surface area contributed by atoms with Crippen molar-refractivity contribution in [2.24, 2.45) is 0 Å². The molecule has 0 bridgehead atoms. The number of nitrogens with one attached hydrogen (secondary N) is 1. The lowest BCUT2D eigenvalue weighted by Crippen LogP contribution is -1.92. The van der Waals surface area contributed by atoms with Crippen LogP contribution in [0.4, 0.5) is 0 Å². The van der Waals surface area contributed by atoms with E-state index in [-0.39, 0.29) is 6.79 Å². The molecule has 0 atom stereocenters. The molecule has 1 N–H and O–H groups in total. The highest BCUT2D eigenvalue weighted by Gasteiger charge is 2.15. The normalized spacial score (nSPS) is 13.8. The smallest absolute Gasteiger partial charge is 0.266 e. The van der Waals surface area contributed by atoms with E-state index in [2.05, 4.69) is 4.98 Å². The maximum atomic E-state index is 5.22. The van der Waals surface area contributed by atoms with Gasteiger partial charge in [0.1, 0.15) is 0 Å². The first kappa shape index (κ1) is 6.97. The van der Waals surface area contributed by atoms with Crippen LogP contribution < -0.4 is 9.47 Å². The predicted octanol–water partition coefficient (Wildman–Crippen LogP) is 2.22. The van der Waals surface area contributed by atoms with E-state index in [4.69, 9.17) is 26.1 Å². The van der Waals surface area contributed by atoms with Crippen molar-refractivity contribution in [1.29, 1.82) is 0 Å². The number of oxazole rings is 1. The van der Waals surface area contributed by atoms with E-state index in [0.717, 1.165) is 11.3 Å². The minimum atomic E-state index is 0.267. The van der Waals surface area contributed by atoms with Gasteiger partial charge in [-0.3, -0.25) is 0 Å². The molecule has 2 aromatic rings. The van der Waals surface area contributed by atoms with Crippen LogP contribution in [0.15, 0.2) is 16.5 Å². The largest absolute Gasteiger partial charge is 0.454 e. The Balaban J connectivity index is 2.41. The Morgan fingerprint density at radius 3 is 2.85 bits per heavy atom. The Kier molecular flexibility index (Phi) is 1.21. The van der Waals surface area contributed by atoms with Crippen molar-refractivity contribution in [3.8, 4) is 11.5 Å². The van der Waals surface area contributed by atoms with Gasteiger partial charge >= 0.3 is 0 Å². The lowest BCUT2D eigenvalue weighted by Gasteiger charge is -1.92. The fourth-order valence-electron chi connectivity index (χ4n) is 1.34. The summed E-state index contributed by atoms with van der Waals surface area (Å²) in [6.45, 7) is 0.267. The number of ether oxygens (including phenoxy) is 2. The van der Waals surface area contributed by atoms with E-state index < -0.39 is 0 Å². The lowest BCUT2D eigenvalue weighted by molar-refractivity contribution is 0.174. The molecule has 1 aliphatic rings. The maximum absolute atomic E-state index is 5.22.